The van der Waals surface area contributed by atoms with E-state index in [1.807, 2.05) is 14.1 Å². The fourth-order valence-electron chi connectivity index (χ4n) is 5.58. The molecule has 0 unspecified atom stereocenters. The zero-order valence-corrected chi connectivity index (χ0v) is 16.2. The van der Waals surface area contributed by atoms with Gasteiger partial charge in [0.2, 0.25) is 15.9 Å². The molecular formula is C17H31N3O3S. The third kappa shape index (κ3) is 2.59. The maximum absolute atomic E-state index is 13.0. The second kappa shape index (κ2) is 5.95. The van der Waals surface area contributed by atoms with Crippen molar-refractivity contribution >= 4 is 15.9 Å². The standard InChI is InChI=1S/C17H31N3O3S/c1-5-24(22,23)20-10-8-16(9-11-20)6-7-17(15(21)18(2)3)13-19(4)12-14(16)17/h14H,5-13H2,1-4H3/t14-,17+/m1/s1. The molecule has 1 aliphatic carbocycles. The number of carbonyl (C=O) groups excluding carboxylic acids is 1. The van der Waals surface area contributed by atoms with E-state index in [0.717, 1.165) is 38.8 Å². The number of hydrogen-bond donors (Lipinski definition) is 0. The number of nitrogens with zero attached hydrogens (tertiary/aromatic N) is 3. The van der Waals surface area contributed by atoms with Gasteiger partial charge in [-0.2, -0.15) is 0 Å². The molecule has 0 radical (unpaired) electrons. The summed E-state index contributed by atoms with van der Waals surface area (Å²) in [6.45, 7) is 4.74. The van der Waals surface area contributed by atoms with E-state index < -0.39 is 10.0 Å². The van der Waals surface area contributed by atoms with Gasteiger partial charge in [-0.3, -0.25) is 4.79 Å². The maximum Gasteiger partial charge on any atom is 0.229 e. The van der Waals surface area contributed by atoms with Crippen molar-refractivity contribution < 1.29 is 13.2 Å². The minimum absolute atomic E-state index is 0.135. The molecule has 2 saturated heterocycles. The molecule has 3 fully saturated rings. The molecule has 3 aliphatic rings. The van der Waals surface area contributed by atoms with Gasteiger partial charge in [0.15, 0.2) is 0 Å². The minimum atomic E-state index is -3.10. The second-order valence-corrected chi connectivity index (χ2v) is 10.5. The van der Waals surface area contributed by atoms with Crippen LogP contribution in [0.1, 0.15) is 32.6 Å². The van der Waals surface area contributed by atoms with Crippen LogP contribution in [0.5, 0.6) is 0 Å². The largest absolute Gasteiger partial charge is 0.348 e. The van der Waals surface area contributed by atoms with E-state index in [9.17, 15) is 13.2 Å². The zero-order chi connectivity index (χ0) is 17.8. The molecule has 0 aromatic rings. The number of sulfonamides is 1. The van der Waals surface area contributed by atoms with E-state index in [1.165, 1.54) is 0 Å². The second-order valence-electron chi connectivity index (χ2n) is 8.27. The number of piperidine rings is 1. The minimum Gasteiger partial charge on any atom is -0.348 e. The quantitative estimate of drug-likeness (QED) is 0.751. The van der Waals surface area contributed by atoms with Crippen LogP contribution < -0.4 is 0 Å². The van der Waals surface area contributed by atoms with E-state index in [4.69, 9.17) is 0 Å². The molecular weight excluding hydrogens is 326 g/mol. The summed E-state index contributed by atoms with van der Waals surface area (Å²) in [6.07, 6.45) is 3.80. The Balaban J connectivity index is 1.83. The first kappa shape index (κ1) is 18.1. The van der Waals surface area contributed by atoms with Crippen LogP contribution in [-0.2, 0) is 14.8 Å². The first-order valence-electron chi connectivity index (χ1n) is 9.05. The monoisotopic (exact) mass is 357 g/mol. The molecule has 2 atom stereocenters. The predicted octanol–water partition coefficient (Wildman–Crippen LogP) is 0.848. The van der Waals surface area contributed by atoms with Crippen molar-refractivity contribution in [3.05, 3.63) is 0 Å². The Morgan fingerprint density at radius 2 is 1.79 bits per heavy atom. The molecule has 1 spiro atoms. The Hall–Kier alpha value is -0.660. The van der Waals surface area contributed by atoms with Gasteiger partial charge >= 0.3 is 0 Å². The summed E-state index contributed by atoms with van der Waals surface area (Å²) in [7, 11) is 2.72. The van der Waals surface area contributed by atoms with Gasteiger partial charge in [0.25, 0.3) is 0 Å². The van der Waals surface area contributed by atoms with Crippen molar-refractivity contribution in [1.29, 1.82) is 0 Å². The lowest BCUT2D eigenvalue weighted by Crippen LogP contribution is -2.49. The Morgan fingerprint density at radius 3 is 2.33 bits per heavy atom. The third-order valence-electron chi connectivity index (χ3n) is 6.83. The molecule has 1 saturated carbocycles. The fourth-order valence-corrected chi connectivity index (χ4v) is 6.69. The first-order chi connectivity index (χ1) is 11.2. The molecule has 7 heteroatoms. The number of likely N-dealkylation sites (tertiary alicyclic amines) is 1. The number of fused-ring (bicyclic) bond motifs is 2. The van der Waals surface area contributed by atoms with Crippen molar-refractivity contribution in [3.8, 4) is 0 Å². The number of carbonyl (C=O) groups is 1. The highest BCUT2D eigenvalue weighted by Crippen LogP contribution is 2.62. The molecule has 2 heterocycles. The molecule has 1 amide bonds. The van der Waals surface area contributed by atoms with Gasteiger partial charge in [0.05, 0.1) is 11.2 Å². The summed E-state index contributed by atoms with van der Waals surface area (Å²) in [4.78, 5) is 17.0. The van der Waals surface area contributed by atoms with Crippen LogP contribution in [0.3, 0.4) is 0 Å². The van der Waals surface area contributed by atoms with Crippen LogP contribution in [0.25, 0.3) is 0 Å². The van der Waals surface area contributed by atoms with E-state index >= 15 is 0 Å². The molecule has 6 nitrogen and oxygen atoms in total. The highest BCUT2D eigenvalue weighted by atomic mass is 32.2. The molecule has 0 bridgehead atoms. The van der Waals surface area contributed by atoms with E-state index in [2.05, 4.69) is 11.9 Å². The van der Waals surface area contributed by atoms with Crippen molar-refractivity contribution in [2.75, 3.05) is 53.1 Å². The first-order valence-corrected chi connectivity index (χ1v) is 10.7. The van der Waals surface area contributed by atoms with Crippen LogP contribution in [0.2, 0.25) is 0 Å². The van der Waals surface area contributed by atoms with Crippen LogP contribution in [0.15, 0.2) is 0 Å². The van der Waals surface area contributed by atoms with E-state index in [-0.39, 0.29) is 22.5 Å². The summed E-state index contributed by atoms with van der Waals surface area (Å²) in [5, 5.41) is 0. The normalized spacial score (nSPS) is 33.8. The van der Waals surface area contributed by atoms with Crippen LogP contribution in [0, 0.1) is 16.7 Å². The molecule has 138 valence electrons. The van der Waals surface area contributed by atoms with Gasteiger partial charge in [-0.25, -0.2) is 12.7 Å². The summed E-state index contributed by atoms with van der Waals surface area (Å²) < 4.78 is 26.0. The average Bonchev–Trinajstić information content (AvgIpc) is 3.03. The van der Waals surface area contributed by atoms with Crippen molar-refractivity contribution in [2.45, 2.75) is 32.6 Å². The third-order valence-corrected chi connectivity index (χ3v) is 8.71. The molecule has 3 rings (SSSR count). The zero-order valence-electron chi connectivity index (χ0n) is 15.4. The van der Waals surface area contributed by atoms with Gasteiger partial charge in [0.1, 0.15) is 0 Å². The number of rotatable bonds is 3. The molecule has 0 N–H and O–H groups in total. The summed E-state index contributed by atoms with van der Waals surface area (Å²) in [6, 6.07) is 0. The topological polar surface area (TPSA) is 60.9 Å². The van der Waals surface area contributed by atoms with E-state index in [0.29, 0.717) is 19.0 Å². The highest BCUT2D eigenvalue weighted by Gasteiger charge is 2.64. The molecule has 2 aliphatic heterocycles. The van der Waals surface area contributed by atoms with Gasteiger partial charge in [-0.05, 0) is 51.0 Å². The summed E-state index contributed by atoms with van der Waals surface area (Å²) in [5.41, 5.74) is -0.125. The van der Waals surface area contributed by atoms with Gasteiger partial charge < -0.3 is 9.80 Å². The number of hydrogen-bond acceptors (Lipinski definition) is 4. The lowest BCUT2D eigenvalue weighted by atomic mass is 9.66. The summed E-state index contributed by atoms with van der Waals surface area (Å²) >= 11 is 0. The van der Waals surface area contributed by atoms with Gasteiger partial charge in [-0.1, -0.05) is 0 Å². The average molecular weight is 358 g/mol. The SMILES string of the molecule is CCS(=O)(=O)N1CCC2(CC1)CC[C@]1(C(=O)N(C)C)CN(C)C[C@H]21. The lowest BCUT2D eigenvalue weighted by molar-refractivity contribution is -0.141. The predicted molar refractivity (Wildman–Crippen MR) is 94.0 cm³/mol. The smallest absolute Gasteiger partial charge is 0.229 e. The van der Waals surface area contributed by atoms with Crippen molar-refractivity contribution in [2.24, 2.45) is 16.7 Å². The van der Waals surface area contributed by atoms with Crippen molar-refractivity contribution in [1.82, 2.24) is 14.1 Å². The summed E-state index contributed by atoms with van der Waals surface area (Å²) in [5.74, 6) is 0.795. The van der Waals surface area contributed by atoms with Crippen LogP contribution >= 0.6 is 0 Å². The molecule has 0 aromatic carbocycles. The Kier molecular flexibility index (Phi) is 4.50. The highest BCUT2D eigenvalue weighted by molar-refractivity contribution is 7.89. The Labute approximate surface area is 146 Å². The molecule has 0 aromatic heterocycles. The van der Waals surface area contributed by atoms with Crippen molar-refractivity contribution in [3.63, 3.8) is 0 Å². The van der Waals surface area contributed by atoms with Gasteiger partial charge in [-0.15, -0.1) is 0 Å². The molecule has 24 heavy (non-hydrogen) atoms. The Morgan fingerprint density at radius 1 is 1.17 bits per heavy atom. The number of amides is 1. The van der Waals surface area contributed by atoms with Crippen LogP contribution in [-0.4, -0.2) is 81.5 Å². The fraction of sp³-hybridized carbons (Fsp3) is 0.941. The Bertz CT molecular complexity index is 611. The maximum atomic E-state index is 13.0. The van der Waals surface area contributed by atoms with E-state index in [1.54, 1.807) is 16.1 Å². The van der Waals surface area contributed by atoms with Crippen LogP contribution in [0.4, 0.5) is 0 Å². The van der Waals surface area contributed by atoms with Gasteiger partial charge in [0, 0.05) is 40.3 Å². The lowest BCUT2D eigenvalue weighted by Gasteiger charge is -2.44.